The lowest BCUT2D eigenvalue weighted by Crippen LogP contribution is -2.50. The van der Waals surface area contributed by atoms with Crippen molar-refractivity contribution in [2.75, 3.05) is 13.7 Å². The first kappa shape index (κ1) is 13.4. The fourth-order valence-electron chi connectivity index (χ4n) is 1.85. The van der Waals surface area contributed by atoms with Crippen LogP contribution in [0.3, 0.4) is 0 Å². The molecule has 1 atom stereocenters. The number of carbonyl (C=O) groups is 1. The number of methoxy groups -OCH3 is 1. The van der Waals surface area contributed by atoms with E-state index in [0.29, 0.717) is 13.0 Å². The Kier molecular flexibility index (Phi) is 4.32. The summed E-state index contributed by atoms with van der Waals surface area (Å²) in [6.07, 6.45) is 2.22. The van der Waals surface area contributed by atoms with Crippen LogP contribution in [0.15, 0.2) is 0 Å². The van der Waals surface area contributed by atoms with Gasteiger partial charge in [0.05, 0.1) is 12.4 Å². The Morgan fingerprint density at radius 2 is 2.00 bits per heavy atom. The number of hydrogen-bond donors (Lipinski definition) is 0. The van der Waals surface area contributed by atoms with E-state index in [9.17, 15) is 13.2 Å². The maximum Gasteiger partial charge on any atom is 0.324 e. The highest BCUT2D eigenvalue weighted by molar-refractivity contribution is 7.89. The second-order valence-electron chi connectivity index (χ2n) is 4.24. The van der Waals surface area contributed by atoms with Crippen LogP contribution in [0.4, 0.5) is 0 Å². The molecule has 0 aromatic rings. The molecule has 0 aliphatic carbocycles. The highest BCUT2D eigenvalue weighted by atomic mass is 32.2. The molecule has 1 aliphatic heterocycles. The van der Waals surface area contributed by atoms with Gasteiger partial charge in [0, 0.05) is 6.54 Å². The number of rotatable bonds is 3. The van der Waals surface area contributed by atoms with Crippen molar-refractivity contribution in [3.8, 4) is 0 Å². The van der Waals surface area contributed by atoms with Gasteiger partial charge in [-0.15, -0.1) is 0 Å². The van der Waals surface area contributed by atoms with Crippen molar-refractivity contribution < 1.29 is 17.9 Å². The first-order valence-corrected chi connectivity index (χ1v) is 7.00. The van der Waals surface area contributed by atoms with Gasteiger partial charge in [-0.25, -0.2) is 8.42 Å². The maximum absolute atomic E-state index is 12.0. The van der Waals surface area contributed by atoms with Crippen molar-refractivity contribution in [1.29, 1.82) is 0 Å². The van der Waals surface area contributed by atoms with Crippen molar-refractivity contribution in [1.82, 2.24) is 4.31 Å². The Bertz CT molecular complexity index is 350. The molecule has 1 fully saturated rings. The Balaban J connectivity index is 2.95. The molecule has 0 saturated carbocycles. The molecule has 1 unspecified atom stereocenters. The summed E-state index contributed by atoms with van der Waals surface area (Å²) in [7, 11) is -2.08. The minimum Gasteiger partial charge on any atom is -0.468 e. The van der Waals surface area contributed by atoms with E-state index in [0.717, 1.165) is 12.8 Å². The van der Waals surface area contributed by atoms with Crippen molar-refractivity contribution >= 4 is 16.0 Å². The van der Waals surface area contributed by atoms with Crippen LogP contribution in [0.2, 0.25) is 0 Å². The summed E-state index contributed by atoms with van der Waals surface area (Å²) >= 11 is 0. The Hall–Kier alpha value is -0.620. The molecule has 6 heteroatoms. The molecule has 16 heavy (non-hydrogen) atoms. The summed E-state index contributed by atoms with van der Waals surface area (Å²) in [4.78, 5) is 11.5. The molecule has 1 rings (SSSR count). The van der Waals surface area contributed by atoms with Gasteiger partial charge in [-0.2, -0.15) is 4.31 Å². The molecular formula is C10H19NO4S. The highest BCUT2D eigenvalue weighted by Crippen LogP contribution is 2.23. The fraction of sp³-hybridized carbons (Fsp3) is 0.900. The summed E-state index contributed by atoms with van der Waals surface area (Å²) in [5.41, 5.74) is 0. The molecule has 1 aliphatic rings. The first-order chi connectivity index (χ1) is 7.41. The van der Waals surface area contributed by atoms with Crippen molar-refractivity contribution in [3.05, 3.63) is 0 Å². The predicted octanol–water partition coefficient (Wildman–Crippen LogP) is 0.752. The number of carbonyl (C=O) groups excluding carboxylic acids is 1. The van der Waals surface area contributed by atoms with Gasteiger partial charge >= 0.3 is 5.97 Å². The van der Waals surface area contributed by atoms with Gasteiger partial charge in [0.25, 0.3) is 0 Å². The largest absolute Gasteiger partial charge is 0.468 e. The van der Waals surface area contributed by atoms with Gasteiger partial charge in [-0.05, 0) is 33.1 Å². The quantitative estimate of drug-likeness (QED) is 0.692. The Morgan fingerprint density at radius 3 is 2.50 bits per heavy atom. The number of hydrogen-bond acceptors (Lipinski definition) is 4. The third kappa shape index (κ3) is 2.55. The number of piperidine rings is 1. The lowest BCUT2D eigenvalue weighted by molar-refractivity contribution is -0.146. The molecule has 0 aromatic heterocycles. The van der Waals surface area contributed by atoms with Crippen molar-refractivity contribution in [2.45, 2.75) is 44.4 Å². The molecule has 94 valence electrons. The second-order valence-corrected chi connectivity index (χ2v) is 6.68. The first-order valence-electron chi connectivity index (χ1n) is 5.49. The van der Waals surface area contributed by atoms with E-state index in [1.165, 1.54) is 11.4 Å². The number of ether oxygens (including phenoxy) is 1. The number of sulfonamides is 1. The van der Waals surface area contributed by atoms with E-state index < -0.39 is 27.3 Å². The number of esters is 1. The molecule has 0 aromatic carbocycles. The minimum atomic E-state index is -3.37. The molecule has 5 nitrogen and oxygen atoms in total. The van der Waals surface area contributed by atoms with E-state index in [2.05, 4.69) is 4.74 Å². The molecule has 0 radical (unpaired) electrons. The van der Waals surface area contributed by atoms with Crippen molar-refractivity contribution in [3.63, 3.8) is 0 Å². The van der Waals surface area contributed by atoms with Crippen LogP contribution in [-0.2, 0) is 19.6 Å². The number of nitrogens with zero attached hydrogens (tertiary/aromatic N) is 1. The third-order valence-electron chi connectivity index (χ3n) is 2.85. The molecule has 0 N–H and O–H groups in total. The summed E-state index contributed by atoms with van der Waals surface area (Å²) < 4.78 is 30.0. The lowest BCUT2D eigenvalue weighted by atomic mass is 10.1. The van der Waals surface area contributed by atoms with E-state index in [4.69, 9.17) is 0 Å². The molecule has 1 saturated heterocycles. The average Bonchev–Trinajstić information content (AvgIpc) is 2.27. The molecule has 0 bridgehead atoms. The van der Waals surface area contributed by atoms with E-state index >= 15 is 0 Å². The Labute approximate surface area is 96.8 Å². The molecule has 0 amide bonds. The lowest BCUT2D eigenvalue weighted by Gasteiger charge is -2.33. The van der Waals surface area contributed by atoms with E-state index in [-0.39, 0.29) is 0 Å². The van der Waals surface area contributed by atoms with E-state index in [1.54, 1.807) is 13.8 Å². The SMILES string of the molecule is COC(=O)C1CCCCN1S(=O)(=O)C(C)C. The normalized spacial score (nSPS) is 23.4. The maximum atomic E-state index is 12.0. The molecule has 0 spiro atoms. The fourth-order valence-corrected chi connectivity index (χ4v) is 3.32. The zero-order valence-electron chi connectivity index (χ0n) is 9.97. The van der Waals surface area contributed by atoms with Crippen LogP contribution in [0.1, 0.15) is 33.1 Å². The van der Waals surface area contributed by atoms with Crippen molar-refractivity contribution in [2.24, 2.45) is 0 Å². The second kappa shape index (κ2) is 5.14. The predicted molar refractivity (Wildman–Crippen MR) is 60.4 cm³/mol. The van der Waals surface area contributed by atoms with Crippen LogP contribution >= 0.6 is 0 Å². The zero-order valence-corrected chi connectivity index (χ0v) is 10.8. The van der Waals surface area contributed by atoms with Crippen LogP contribution in [-0.4, -0.2) is 43.6 Å². The molecule has 1 heterocycles. The summed E-state index contributed by atoms with van der Waals surface area (Å²) in [5, 5.41) is -0.502. The van der Waals surface area contributed by atoms with Gasteiger partial charge in [-0.3, -0.25) is 4.79 Å². The topological polar surface area (TPSA) is 63.7 Å². The van der Waals surface area contributed by atoms with Crippen LogP contribution in [0.5, 0.6) is 0 Å². The summed E-state index contributed by atoms with van der Waals surface area (Å²) in [6, 6.07) is -0.633. The summed E-state index contributed by atoms with van der Waals surface area (Å²) in [6.45, 7) is 3.66. The minimum absolute atomic E-state index is 0.417. The summed E-state index contributed by atoms with van der Waals surface area (Å²) in [5.74, 6) is -0.455. The third-order valence-corrected chi connectivity index (χ3v) is 5.13. The highest BCUT2D eigenvalue weighted by Gasteiger charge is 2.38. The van der Waals surface area contributed by atoms with Gasteiger partial charge in [0.2, 0.25) is 10.0 Å². The average molecular weight is 249 g/mol. The van der Waals surface area contributed by atoms with Crippen LogP contribution in [0, 0.1) is 0 Å². The monoisotopic (exact) mass is 249 g/mol. The van der Waals surface area contributed by atoms with Crippen LogP contribution < -0.4 is 0 Å². The van der Waals surface area contributed by atoms with Gasteiger partial charge < -0.3 is 4.74 Å². The van der Waals surface area contributed by atoms with E-state index in [1.807, 2.05) is 0 Å². The molecular weight excluding hydrogens is 230 g/mol. The van der Waals surface area contributed by atoms with Crippen LogP contribution in [0.25, 0.3) is 0 Å². The smallest absolute Gasteiger partial charge is 0.324 e. The standard InChI is InChI=1S/C10H19NO4S/c1-8(2)16(13,14)11-7-5-4-6-9(11)10(12)15-3/h8-9H,4-7H2,1-3H3. The zero-order chi connectivity index (χ0) is 12.3. The van der Waals surface area contributed by atoms with Gasteiger partial charge in [-0.1, -0.05) is 0 Å². The van der Waals surface area contributed by atoms with Gasteiger partial charge in [0.15, 0.2) is 0 Å². The van der Waals surface area contributed by atoms with Gasteiger partial charge in [0.1, 0.15) is 6.04 Å². The Morgan fingerprint density at radius 1 is 1.38 bits per heavy atom.